The Morgan fingerprint density at radius 1 is 1.23 bits per heavy atom. The lowest BCUT2D eigenvalue weighted by atomic mass is 10.2. The average Bonchev–Trinajstić information content (AvgIpc) is 2.84. The number of nitrogens with zero attached hydrogens (tertiary/aromatic N) is 2. The monoisotopic (exact) mass is 341 g/mol. The summed E-state index contributed by atoms with van der Waals surface area (Å²) < 4.78 is 29.1. The quantitative estimate of drug-likeness (QED) is 0.822. The van der Waals surface area contributed by atoms with Crippen molar-refractivity contribution in [1.29, 1.82) is 0 Å². The van der Waals surface area contributed by atoms with E-state index in [0.29, 0.717) is 30.1 Å². The fourth-order valence-corrected chi connectivity index (χ4v) is 3.76. The number of aromatic nitrogens is 2. The van der Waals surface area contributed by atoms with Gasteiger partial charge in [0.1, 0.15) is 0 Å². The van der Waals surface area contributed by atoms with Crippen molar-refractivity contribution in [2.24, 2.45) is 0 Å². The van der Waals surface area contributed by atoms with Gasteiger partial charge in [0.25, 0.3) is 0 Å². The van der Waals surface area contributed by atoms with E-state index in [0.717, 1.165) is 11.1 Å². The maximum Gasteiger partial charge on any atom is 0.240 e. The van der Waals surface area contributed by atoms with Crippen molar-refractivity contribution >= 4 is 21.6 Å². The second kappa shape index (κ2) is 6.81. The highest BCUT2D eigenvalue weighted by Crippen LogP contribution is 2.23. The predicted octanol–water partition coefficient (Wildman–Crippen LogP) is 2.83. The van der Waals surface area contributed by atoms with Gasteiger partial charge in [0, 0.05) is 24.3 Å². The third-order valence-electron chi connectivity index (χ3n) is 3.36. The van der Waals surface area contributed by atoms with Gasteiger partial charge in [0.15, 0.2) is 0 Å². The van der Waals surface area contributed by atoms with Gasteiger partial charge < -0.3 is 0 Å². The van der Waals surface area contributed by atoms with E-state index in [1.807, 2.05) is 13.1 Å². The van der Waals surface area contributed by atoms with Gasteiger partial charge in [-0.05, 0) is 56.0 Å². The molecule has 1 N–H and O–H groups in total. The first-order valence-corrected chi connectivity index (χ1v) is 8.91. The van der Waals surface area contributed by atoms with Gasteiger partial charge in [-0.25, -0.2) is 13.1 Å². The van der Waals surface area contributed by atoms with E-state index in [4.69, 9.17) is 11.6 Å². The van der Waals surface area contributed by atoms with Crippen molar-refractivity contribution in [2.45, 2.75) is 38.6 Å². The molecular formula is C15H20ClN3O2S. The summed E-state index contributed by atoms with van der Waals surface area (Å²) in [5.41, 5.74) is 2.48. The molecule has 0 aliphatic heterocycles. The van der Waals surface area contributed by atoms with Crippen molar-refractivity contribution < 1.29 is 8.42 Å². The zero-order valence-corrected chi connectivity index (χ0v) is 14.5. The van der Waals surface area contributed by atoms with Crippen LogP contribution in [0, 0.1) is 20.8 Å². The summed E-state index contributed by atoms with van der Waals surface area (Å²) in [6, 6.07) is 3.29. The number of halogens is 1. The zero-order valence-electron chi connectivity index (χ0n) is 12.9. The van der Waals surface area contributed by atoms with Crippen LogP contribution in [0.4, 0.5) is 0 Å². The van der Waals surface area contributed by atoms with Crippen LogP contribution in [-0.2, 0) is 16.6 Å². The lowest BCUT2D eigenvalue weighted by molar-refractivity contribution is 0.552. The van der Waals surface area contributed by atoms with Crippen LogP contribution in [0.15, 0.2) is 29.4 Å². The van der Waals surface area contributed by atoms with Crippen molar-refractivity contribution in [3.63, 3.8) is 0 Å². The second-order valence-electron chi connectivity index (χ2n) is 5.40. The molecule has 0 radical (unpaired) electrons. The highest BCUT2D eigenvalue weighted by molar-refractivity contribution is 7.89. The number of hydrogen-bond donors (Lipinski definition) is 1. The first-order chi connectivity index (χ1) is 10.3. The van der Waals surface area contributed by atoms with E-state index in [1.165, 1.54) is 0 Å². The lowest BCUT2D eigenvalue weighted by Gasteiger charge is -2.11. The molecule has 5 nitrogen and oxygen atoms in total. The van der Waals surface area contributed by atoms with Crippen LogP contribution in [0.1, 0.15) is 23.1 Å². The summed E-state index contributed by atoms with van der Waals surface area (Å²) in [4.78, 5) is 0.282. The summed E-state index contributed by atoms with van der Waals surface area (Å²) in [6.07, 6.45) is 4.39. The number of benzene rings is 1. The van der Waals surface area contributed by atoms with Gasteiger partial charge in [0.05, 0.1) is 11.1 Å². The smallest absolute Gasteiger partial charge is 0.240 e. The van der Waals surface area contributed by atoms with Crippen LogP contribution in [-0.4, -0.2) is 24.7 Å². The molecule has 2 rings (SSSR count). The minimum Gasteiger partial charge on any atom is -0.272 e. The van der Waals surface area contributed by atoms with E-state index in [9.17, 15) is 8.42 Å². The molecule has 0 bridgehead atoms. The standard InChI is InChI=1S/C15H20ClN3O2S/c1-11-9-17-19(10-11)6-4-5-18-22(20,21)15-8-12(2)14(16)7-13(15)3/h7-10,18H,4-6H2,1-3H3. The third-order valence-corrected chi connectivity index (χ3v) is 5.37. The molecule has 1 aromatic carbocycles. The Hall–Kier alpha value is -1.37. The molecule has 0 atom stereocenters. The lowest BCUT2D eigenvalue weighted by Crippen LogP contribution is -2.26. The molecule has 0 spiro atoms. The van der Waals surface area contributed by atoms with Crippen molar-refractivity contribution in [1.82, 2.24) is 14.5 Å². The summed E-state index contributed by atoms with van der Waals surface area (Å²) in [5.74, 6) is 0. The molecule has 0 aliphatic rings. The van der Waals surface area contributed by atoms with Crippen molar-refractivity contribution in [3.05, 3.63) is 46.2 Å². The Bertz CT molecular complexity index is 769. The number of sulfonamides is 1. The SMILES string of the molecule is Cc1cnn(CCCNS(=O)(=O)c2cc(C)c(Cl)cc2C)c1. The van der Waals surface area contributed by atoms with Crippen LogP contribution in [0.3, 0.4) is 0 Å². The molecule has 0 amide bonds. The number of nitrogens with one attached hydrogen (secondary N) is 1. The predicted molar refractivity (Wildman–Crippen MR) is 87.7 cm³/mol. The van der Waals surface area contributed by atoms with Gasteiger partial charge in [-0.3, -0.25) is 4.68 Å². The molecule has 0 saturated carbocycles. The third kappa shape index (κ3) is 4.09. The Labute approximate surface area is 136 Å². The Balaban J connectivity index is 1.98. The van der Waals surface area contributed by atoms with Crippen LogP contribution in [0.25, 0.3) is 0 Å². The maximum atomic E-state index is 12.4. The Kier molecular flexibility index (Phi) is 5.26. The van der Waals surface area contributed by atoms with Crippen LogP contribution < -0.4 is 4.72 Å². The first-order valence-electron chi connectivity index (χ1n) is 7.05. The van der Waals surface area contributed by atoms with Crippen LogP contribution in [0.2, 0.25) is 5.02 Å². The van der Waals surface area contributed by atoms with E-state index in [2.05, 4.69) is 9.82 Å². The number of aryl methyl sites for hydroxylation is 4. The van der Waals surface area contributed by atoms with Gasteiger partial charge in [-0.2, -0.15) is 5.10 Å². The number of hydrogen-bond acceptors (Lipinski definition) is 3. The molecule has 0 aliphatic carbocycles. The number of rotatable bonds is 6. The highest BCUT2D eigenvalue weighted by Gasteiger charge is 2.17. The largest absolute Gasteiger partial charge is 0.272 e. The second-order valence-corrected chi connectivity index (χ2v) is 7.54. The van der Waals surface area contributed by atoms with Gasteiger partial charge >= 0.3 is 0 Å². The Morgan fingerprint density at radius 3 is 2.59 bits per heavy atom. The van der Waals surface area contributed by atoms with Crippen LogP contribution >= 0.6 is 11.6 Å². The van der Waals surface area contributed by atoms with E-state index in [1.54, 1.807) is 36.9 Å². The van der Waals surface area contributed by atoms with Gasteiger partial charge in [0.2, 0.25) is 10.0 Å². The van der Waals surface area contributed by atoms with Gasteiger partial charge in [-0.15, -0.1) is 0 Å². The summed E-state index contributed by atoms with van der Waals surface area (Å²) in [5, 5.41) is 4.74. The fraction of sp³-hybridized carbons (Fsp3) is 0.400. The first kappa shape index (κ1) is 17.0. The highest BCUT2D eigenvalue weighted by atomic mass is 35.5. The molecule has 120 valence electrons. The molecule has 2 aromatic rings. The fourth-order valence-electron chi connectivity index (χ4n) is 2.16. The minimum atomic E-state index is -3.52. The molecule has 0 saturated heterocycles. The summed E-state index contributed by atoms with van der Waals surface area (Å²) in [6.45, 7) is 6.54. The normalized spacial score (nSPS) is 11.8. The molecular weight excluding hydrogens is 322 g/mol. The maximum absolute atomic E-state index is 12.4. The molecule has 0 fully saturated rings. The molecule has 0 unspecified atom stereocenters. The average molecular weight is 342 g/mol. The van der Waals surface area contributed by atoms with E-state index >= 15 is 0 Å². The van der Waals surface area contributed by atoms with Crippen molar-refractivity contribution in [3.8, 4) is 0 Å². The summed E-state index contributed by atoms with van der Waals surface area (Å²) in [7, 11) is -3.52. The van der Waals surface area contributed by atoms with Crippen LogP contribution in [0.5, 0.6) is 0 Å². The van der Waals surface area contributed by atoms with Gasteiger partial charge in [-0.1, -0.05) is 11.6 Å². The Morgan fingerprint density at radius 2 is 1.95 bits per heavy atom. The molecule has 1 heterocycles. The summed E-state index contributed by atoms with van der Waals surface area (Å²) >= 11 is 6.01. The zero-order chi connectivity index (χ0) is 16.3. The molecule has 7 heteroatoms. The topological polar surface area (TPSA) is 64.0 Å². The van der Waals surface area contributed by atoms with E-state index in [-0.39, 0.29) is 4.90 Å². The van der Waals surface area contributed by atoms with Crippen molar-refractivity contribution in [2.75, 3.05) is 6.54 Å². The molecule has 22 heavy (non-hydrogen) atoms. The van der Waals surface area contributed by atoms with E-state index < -0.39 is 10.0 Å². The minimum absolute atomic E-state index is 0.282. The molecule has 1 aromatic heterocycles.